The van der Waals surface area contributed by atoms with Gasteiger partial charge in [0.1, 0.15) is 0 Å². The van der Waals surface area contributed by atoms with Crippen molar-refractivity contribution in [3.05, 3.63) is 34.2 Å². The van der Waals surface area contributed by atoms with Crippen LogP contribution >= 0.6 is 22.9 Å². The van der Waals surface area contributed by atoms with Crippen LogP contribution in [0.15, 0.2) is 24.3 Å². The molecule has 0 amide bonds. The van der Waals surface area contributed by atoms with E-state index in [2.05, 4.69) is 11.5 Å². The van der Waals surface area contributed by atoms with E-state index in [9.17, 15) is 0 Å². The summed E-state index contributed by atoms with van der Waals surface area (Å²) in [5, 5.41) is 1.95. The second-order valence-electron chi connectivity index (χ2n) is 2.86. The summed E-state index contributed by atoms with van der Waals surface area (Å²) in [6.07, 6.45) is 0. The highest BCUT2D eigenvalue weighted by Gasteiger charge is 2.08. The zero-order valence-corrected chi connectivity index (χ0v) is 9.28. The Morgan fingerprint density at radius 1 is 1.43 bits per heavy atom. The van der Waals surface area contributed by atoms with Crippen LogP contribution in [-0.2, 0) is 11.4 Å². The quantitative estimate of drug-likeness (QED) is 0.814. The highest BCUT2D eigenvalue weighted by molar-refractivity contribution is 7.19. The molecule has 1 aromatic heterocycles. The molecule has 0 saturated heterocycles. The van der Waals surface area contributed by atoms with Gasteiger partial charge in [0.2, 0.25) is 0 Å². The molecule has 1 aromatic carbocycles. The molecule has 0 bridgehead atoms. The first kappa shape index (κ1) is 9.93. The lowest BCUT2D eigenvalue weighted by Gasteiger charge is -1.98. The first-order valence-corrected chi connectivity index (χ1v) is 5.44. The van der Waals surface area contributed by atoms with Gasteiger partial charge >= 0.3 is 0 Å². The van der Waals surface area contributed by atoms with Gasteiger partial charge in [-0.25, -0.2) is 0 Å². The highest BCUT2D eigenvalue weighted by atomic mass is 35.5. The second kappa shape index (κ2) is 4.28. The van der Waals surface area contributed by atoms with Crippen molar-refractivity contribution in [1.29, 1.82) is 0 Å². The molecule has 4 heteroatoms. The molecule has 2 aromatic rings. The van der Waals surface area contributed by atoms with Crippen LogP contribution in [0.4, 0.5) is 0 Å². The van der Waals surface area contributed by atoms with Crippen LogP contribution in [0.1, 0.15) is 4.88 Å². The van der Waals surface area contributed by atoms with Gasteiger partial charge in [-0.2, -0.15) is 5.48 Å². The Bertz CT molecular complexity index is 441. The van der Waals surface area contributed by atoms with E-state index in [4.69, 9.17) is 16.4 Å². The Morgan fingerprint density at radius 2 is 2.21 bits per heavy atom. The fourth-order valence-electron chi connectivity index (χ4n) is 1.32. The van der Waals surface area contributed by atoms with Crippen molar-refractivity contribution in [3.63, 3.8) is 0 Å². The minimum absolute atomic E-state index is 0.648. The SMILES string of the molecule is CONCc1sc2ccccc2c1Cl. The zero-order chi connectivity index (χ0) is 9.97. The van der Waals surface area contributed by atoms with Gasteiger partial charge in [-0.05, 0) is 6.07 Å². The van der Waals surface area contributed by atoms with Crippen LogP contribution in [0.5, 0.6) is 0 Å². The third-order valence-electron chi connectivity index (χ3n) is 1.98. The van der Waals surface area contributed by atoms with Crippen LogP contribution in [-0.4, -0.2) is 7.11 Å². The molecule has 0 radical (unpaired) electrons. The molecule has 0 atom stereocenters. The number of hydroxylamine groups is 1. The Morgan fingerprint density at radius 3 is 2.93 bits per heavy atom. The predicted octanol–water partition coefficient (Wildman–Crippen LogP) is 3.21. The molecule has 1 N–H and O–H groups in total. The standard InChI is InChI=1S/C10H10ClNOS/c1-13-12-6-9-10(11)7-4-2-3-5-8(7)14-9/h2-5,12H,6H2,1H3. The topological polar surface area (TPSA) is 21.3 Å². The summed E-state index contributed by atoms with van der Waals surface area (Å²) in [6.45, 7) is 0.648. The molecule has 0 aliphatic rings. The van der Waals surface area contributed by atoms with Crippen molar-refractivity contribution in [2.45, 2.75) is 6.54 Å². The van der Waals surface area contributed by atoms with Crippen LogP contribution in [0, 0.1) is 0 Å². The first-order chi connectivity index (χ1) is 6.83. The van der Waals surface area contributed by atoms with Gasteiger partial charge < -0.3 is 4.84 Å². The number of halogens is 1. The summed E-state index contributed by atoms with van der Waals surface area (Å²) in [6, 6.07) is 8.11. The van der Waals surface area contributed by atoms with Crippen LogP contribution < -0.4 is 5.48 Å². The Labute approximate surface area is 91.4 Å². The fraction of sp³-hybridized carbons (Fsp3) is 0.200. The molecule has 2 rings (SSSR count). The first-order valence-electron chi connectivity index (χ1n) is 4.24. The molecular weight excluding hydrogens is 218 g/mol. The van der Waals surface area contributed by atoms with E-state index in [0.29, 0.717) is 6.54 Å². The highest BCUT2D eigenvalue weighted by Crippen LogP contribution is 2.34. The van der Waals surface area contributed by atoms with Gasteiger partial charge in [-0.3, -0.25) is 0 Å². The summed E-state index contributed by atoms with van der Waals surface area (Å²) in [5.41, 5.74) is 2.79. The minimum Gasteiger partial charge on any atom is -0.305 e. The molecule has 0 unspecified atom stereocenters. The maximum absolute atomic E-state index is 6.21. The Balaban J connectivity index is 2.41. The molecule has 2 nitrogen and oxygen atoms in total. The van der Waals surface area contributed by atoms with Crippen LogP contribution in [0.2, 0.25) is 5.02 Å². The van der Waals surface area contributed by atoms with E-state index in [1.54, 1.807) is 18.4 Å². The molecular formula is C10H10ClNOS. The van der Waals surface area contributed by atoms with Crippen molar-refractivity contribution in [2.24, 2.45) is 0 Å². The molecule has 1 heterocycles. The maximum atomic E-state index is 6.21. The Hall–Kier alpha value is -0.610. The van der Waals surface area contributed by atoms with E-state index in [1.165, 1.54) is 4.70 Å². The molecule has 14 heavy (non-hydrogen) atoms. The number of benzene rings is 1. The van der Waals surface area contributed by atoms with Gasteiger partial charge in [-0.15, -0.1) is 11.3 Å². The molecule has 0 aliphatic heterocycles. The summed E-state index contributed by atoms with van der Waals surface area (Å²) >= 11 is 7.90. The maximum Gasteiger partial charge on any atom is 0.0637 e. The van der Waals surface area contributed by atoms with E-state index >= 15 is 0 Å². The van der Waals surface area contributed by atoms with Crippen molar-refractivity contribution < 1.29 is 4.84 Å². The lowest BCUT2D eigenvalue weighted by atomic mass is 10.2. The lowest BCUT2D eigenvalue weighted by Crippen LogP contribution is -2.09. The average molecular weight is 228 g/mol. The number of hydrogen-bond donors (Lipinski definition) is 1. The van der Waals surface area contributed by atoms with Gasteiger partial charge in [0, 0.05) is 15.0 Å². The number of thiophene rings is 1. The third-order valence-corrected chi connectivity index (χ3v) is 3.69. The number of rotatable bonds is 3. The third kappa shape index (κ3) is 1.77. The number of hydrogen-bond acceptors (Lipinski definition) is 3. The van der Waals surface area contributed by atoms with Gasteiger partial charge in [0.05, 0.1) is 18.7 Å². The van der Waals surface area contributed by atoms with Crippen molar-refractivity contribution in [3.8, 4) is 0 Å². The molecule has 74 valence electrons. The summed E-state index contributed by atoms with van der Waals surface area (Å²) < 4.78 is 1.21. The van der Waals surface area contributed by atoms with Crippen LogP contribution in [0.3, 0.4) is 0 Å². The van der Waals surface area contributed by atoms with Crippen molar-refractivity contribution in [1.82, 2.24) is 5.48 Å². The molecule has 0 saturated carbocycles. The normalized spacial score (nSPS) is 11.0. The van der Waals surface area contributed by atoms with E-state index in [1.807, 2.05) is 18.2 Å². The molecule has 0 fully saturated rings. The summed E-state index contributed by atoms with van der Waals surface area (Å²) in [7, 11) is 1.60. The molecule has 0 spiro atoms. The average Bonchev–Trinajstić information content (AvgIpc) is 2.54. The largest absolute Gasteiger partial charge is 0.305 e. The lowest BCUT2D eigenvalue weighted by molar-refractivity contribution is 0.0875. The monoisotopic (exact) mass is 227 g/mol. The number of fused-ring (bicyclic) bond motifs is 1. The van der Waals surface area contributed by atoms with E-state index < -0.39 is 0 Å². The smallest absolute Gasteiger partial charge is 0.0637 e. The minimum atomic E-state index is 0.648. The Kier molecular flexibility index (Phi) is 3.03. The zero-order valence-electron chi connectivity index (χ0n) is 7.71. The van der Waals surface area contributed by atoms with E-state index in [0.717, 1.165) is 15.3 Å². The second-order valence-corrected chi connectivity index (χ2v) is 4.38. The van der Waals surface area contributed by atoms with Gasteiger partial charge in [0.25, 0.3) is 0 Å². The van der Waals surface area contributed by atoms with Crippen molar-refractivity contribution >= 4 is 33.0 Å². The summed E-state index contributed by atoms with van der Waals surface area (Å²) in [5.74, 6) is 0. The summed E-state index contributed by atoms with van der Waals surface area (Å²) in [4.78, 5) is 5.90. The van der Waals surface area contributed by atoms with Gasteiger partial charge in [0.15, 0.2) is 0 Å². The number of nitrogens with one attached hydrogen (secondary N) is 1. The van der Waals surface area contributed by atoms with Crippen molar-refractivity contribution in [2.75, 3.05) is 7.11 Å². The van der Waals surface area contributed by atoms with E-state index in [-0.39, 0.29) is 0 Å². The van der Waals surface area contributed by atoms with Crippen LogP contribution in [0.25, 0.3) is 10.1 Å². The fourth-order valence-corrected chi connectivity index (χ4v) is 2.74. The predicted molar refractivity (Wildman–Crippen MR) is 60.7 cm³/mol. The molecule has 0 aliphatic carbocycles. The van der Waals surface area contributed by atoms with Gasteiger partial charge in [-0.1, -0.05) is 29.8 Å².